The average molecular weight is 509 g/mol. The van der Waals surface area contributed by atoms with E-state index in [1.807, 2.05) is 31.2 Å². The van der Waals surface area contributed by atoms with E-state index >= 15 is 0 Å². The highest BCUT2D eigenvalue weighted by Crippen LogP contribution is 2.27. The summed E-state index contributed by atoms with van der Waals surface area (Å²) in [6.45, 7) is 4.75. The van der Waals surface area contributed by atoms with Crippen molar-refractivity contribution in [2.45, 2.75) is 83.4 Å². The first-order chi connectivity index (χ1) is 18.0. The van der Waals surface area contributed by atoms with E-state index in [1.165, 1.54) is 5.56 Å². The molecule has 0 saturated heterocycles. The number of fused-ring (bicyclic) bond motifs is 1. The van der Waals surface area contributed by atoms with E-state index in [-0.39, 0.29) is 6.61 Å². The molecule has 4 rings (SSSR count). The Labute approximate surface area is 219 Å². The van der Waals surface area contributed by atoms with Crippen LogP contribution in [0.5, 0.6) is 0 Å². The van der Waals surface area contributed by atoms with Crippen LogP contribution < -0.4 is 10.6 Å². The summed E-state index contributed by atoms with van der Waals surface area (Å²) >= 11 is 0. The third kappa shape index (κ3) is 8.18. The van der Waals surface area contributed by atoms with E-state index in [2.05, 4.69) is 27.7 Å². The largest absolute Gasteiger partial charge is 0.480 e. The number of amides is 1. The average Bonchev–Trinajstić information content (AvgIpc) is 3.76. The Morgan fingerprint density at radius 3 is 2.73 bits per heavy atom. The number of unbranched alkanes of at least 4 members (excludes halogenated alkanes) is 1. The van der Waals surface area contributed by atoms with E-state index in [4.69, 9.17) is 9.72 Å². The monoisotopic (exact) mass is 508 g/mol. The lowest BCUT2D eigenvalue weighted by atomic mass is 10.1. The second kappa shape index (κ2) is 13.4. The predicted molar refractivity (Wildman–Crippen MR) is 144 cm³/mol. The highest BCUT2D eigenvalue weighted by atomic mass is 16.5. The summed E-state index contributed by atoms with van der Waals surface area (Å²) in [6, 6.07) is 11.7. The Balaban J connectivity index is 1.19. The summed E-state index contributed by atoms with van der Waals surface area (Å²) in [5.41, 5.74) is 4.49. The zero-order valence-electron chi connectivity index (χ0n) is 21.9. The van der Waals surface area contributed by atoms with Gasteiger partial charge in [0.25, 0.3) is 0 Å². The zero-order valence-corrected chi connectivity index (χ0v) is 21.9. The maximum Gasteiger partial charge on any atom is 0.408 e. The van der Waals surface area contributed by atoms with Gasteiger partial charge in [0.1, 0.15) is 18.5 Å². The minimum absolute atomic E-state index is 0.130. The molecular weight excluding hydrogens is 468 g/mol. The van der Waals surface area contributed by atoms with Gasteiger partial charge in [0.2, 0.25) is 0 Å². The molecule has 1 atom stereocenters. The van der Waals surface area contributed by atoms with E-state index < -0.39 is 18.1 Å². The second-order valence-corrected chi connectivity index (χ2v) is 10.1. The van der Waals surface area contributed by atoms with Crippen LogP contribution >= 0.6 is 0 Å². The summed E-state index contributed by atoms with van der Waals surface area (Å²) in [5, 5.41) is 15.6. The Morgan fingerprint density at radius 1 is 1.16 bits per heavy atom. The van der Waals surface area contributed by atoms with E-state index in [1.54, 1.807) is 0 Å². The van der Waals surface area contributed by atoms with Crippen molar-refractivity contribution in [1.29, 1.82) is 0 Å². The smallest absolute Gasteiger partial charge is 0.408 e. The van der Waals surface area contributed by atoms with Crippen LogP contribution in [0.1, 0.15) is 67.8 Å². The highest BCUT2D eigenvalue weighted by Gasteiger charge is 2.30. The van der Waals surface area contributed by atoms with Crippen molar-refractivity contribution >= 4 is 17.9 Å². The van der Waals surface area contributed by atoms with Gasteiger partial charge in [-0.05, 0) is 87.1 Å². The van der Waals surface area contributed by atoms with Crippen molar-refractivity contribution in [3.63, 3.8) is 0 Å². The van der Waals surface area contributed by atoms with Crippen LogP contribution in [0.2, 0.25) is 0 Å². The number of ether oxygens (including phenoxy) is 1. The maximum atomic E-state index is 12.3. The van der Waals surface area contributed by atoms with Gasteiger partial charge in [-0.3, -0.25) is 0 Å². The van der Waals surface area contributed by atoms with Gasteiger partial charge >= 0.3 is 12.1 Å². The molecule has 0 radical (unpaired) electrons. The van der Waals surface area contributed by atoms with Crippen LogP contribution in [0.25, 0.3) is 0 Å². The number of hydrogen-bond acceptors (Lipinski definition) is 6. The van der Waals surface area contributed by atoms with Crippen LogP contribution in [0.3, 0.4) is 0 Å². The third-order valence-electron chi connectivity index (χ3n) is 7.30. The van der Waals surface area contributed by atoms with Crippen molar-refractivity contribution in [3.8, 4) is 0 Å². The van der Waals surface area contributed by atoms with Crippen molar-refractivity contribution in [3.05, 3.63) is 58.8 Å². The number of carbonyl (C=O) groups excluding carboxylic acids is 1. The van der Waals surface area contributed by atoms with Crippen molar-refractivity contribution in [2.24, 2.45) is 0 Å². The molecule has 1 saturated carbocycles. The molecule has 1 fully saturated rings. The molecule has 1 aliphatic heterocycles. The lowest BCUT2D eigenvalue weighted by molar-refractivity contribution is -0.139. The number of carboxylic acids is 1. The van der Waals surface area contributed by atoms with E-state index in [0.29, 0.717) is 19.0 Å². The minimum atomic E-state index is -1.03. The number of alkyl carbamates (subject to hydrolysis) is 1. The summed E-state index contributed by atoms with van der Waals surface area (Å²) in [7, 11) is 0. The molecule has 2 heterocycles. The third-order valence-corrected chi connectivity index (χ3v) is 7.30. The molecule has 37 heavy (non-hydrogen) atoms. The van der Waals surface area contributed by atoms with Crippen LogP contribution in [-0.2, 0) is 35.4 Å². The van der Waals surface area contributed by atoms with Gasteiger partial charge in [-0.15, -0.1) is 0 Å². The molecule has 1 aromatic carbocycles. The van der Waals surface area contributed by atoms with Crippen molar-refractivity contribution < 1.29 is 19.4 Å². The molecule has 1 unspecified atom stereocenters. The van der Waals surface area contributed by atoms with Gasteiger partial charge in [0.05, 0.1) is 0 Å². The molecule has 200 valence electrons. The van der Waals surface area contributed by atoms with Gasteiger partial charge < -0.3 is 25.4 Å². The Bertz CT molecular complexity index is 1060. The molecule has 8 nitrogen and oxygen atoms in total. The zero-order chi connectivity index (χ0) is 26.0. The molecule has 1 amide bonds. The maximum absolute atomic E-state index is 12.3. The number of pyridine rings is 1. The van der Waals surface area contributed by atoms with E-state index in [0.717, 1.165) is 87.1 Å². The first-order valence-corrected chi connectivity index (χ1v) is 13.7. The number of rotatable bonds is 14. The van der Waals surface area contributed by atoms with Crippen molar-refractivity contribution in [1.82, 2.24) is 15.2 Å². The normalized spacial score (nSPS) is 15.5. The van der Waals surface area contributed by atoms with Crippen LogP contribution in [0.15, 0.2) is 36.4 Å². The van der Waals surface area contributed by atoms with Gasteiger partial charge in [-0.2, -0.15) is 0 Å². The summed E-state index contributed by atoms with van der Waals surface area (Å²) in [5.74, 6) is 0.0115. The number of benzene rings is 1. The van der Waals surface area contributed by atoms with Gasteiger partial charge in [0, 0.05) is 24.8 Å². The molecular formula is C29H40N4O4. The minimum Gasteiger partial charge on any atom is -0.480 e. The topological polar surface area (TPSA) is 104 Å². The SMILES string of the molecule is CCc1ccccc1COC(=O)NC(CCN(CCCCc1ccc2c(n1)NCCC2)C1CC1)C(=O)O. The van der Waals surface area contributed by atoms with Gasteiger partial charge in [0.15, 0.2) is 0 Å². The number of anilines is 1. The first kappa shape index (κ1) is 26.9. The molecule has 0 spiro atoms. The molecule has 2 aliphatic rings. The lowest BCUT2D eigenvalue weighted by Gasteiger charge is -2.24. The molecule has 1 aromatic heterocycles. The van der Waals surface area contributed by atoms with Gasteiger partial charge in [-0.1, -0.05) is 37.3 Å². The number of aliphatic carboxylic acids is 1. The van der Waals surface area contributed by atoms with Crippen LogP contribution in [-0.4, -0.2) is 58.8 Å². The summed E-state index contributed by atoms with van der Waals surface area (Å²) < 4.78 is 5.34. The number of aromatic nitrogens is 1. The Hall–Kier alpha value is -3.13. The number of aryl methyl sites for hydroxylation is 3. The number of nitrogens with zero attached hydrogens (tertiary/aromatic N) is 2. The molecule has 0 bridgehead atoms. The number of carboxylic acid groups (broad SMARTS) is 1. The summed E-state index contributed by atoms with van der Waals surface area (Å²) in [6.07, 6.45) is 8.10. The van der Waals surface area contributed by atoms with Crippen molar-refractivity contribution in [2.75, 3.05) is 25.0 Å². The quantitative estimate of drug-likeness (QED) is 0.322. The van der Waals surface area contributed by atoms with Crippen LogP contribution in [0.4, 0.5) is 10.6 Å². The van der Waals surface area contributed by atoms with Gasteiger partial charge in [-0.25, -0.2) is 14.6 Å². The molecule has 2 aromatic rings. The second-order valence-electron chi connectivity index (χ2n) is 10.1. The fourth-order valence-corrected chi connectivity index (χ4v) is 4.97. The predicted octanol–water partition coefficient (Wildman–Crippen LogP) is 4.56. The lowest BCUT2D eigenvalue weighted by Crippen LogP contribution is -2.43. The Morgan fingerprint density at radius 2 is 1.97 bits per heavy atom. The number of hydrogen-bond donors (Lipinski definition) is 3. The molecule has 8 heteroatoms. The molecule has 3 N–H and O–H groups in total. The summed E-state index contributed by atoms with van der Waals surface area (Å²) in [4.78, 5) is 31.3. The highest BCUT2D eigenvalue weighted by molar-refractivity contribution is 5.79. The number of carbonyl (C=O) groups is 2. The standard InChI is InChI=1S/C29H40N4O4/c1-2-21-8-3-4-9-23(21)20-37-29(36)32-26(28(34)35)16-19-33(25-14-15-25)18-6-5-11-24-13-12-22-10-7-17-30-27(22)31-24/h3-4,8-9,12-13,25-26H,2,5-7,10-11,14-20H2,1H3,(H,30,31)(H,32,36)(H,34,35). The van der Waals surface area contributed by atoms with Crippen LogP contribution in [0, 0.1) is 0 Å². The molecule has 1 aliphatic carbocycles. The number of nitrogens with one attached hydrogen (secondary N) is 2. The van der Waals surface area contributed by atoms with E-state index in [9.17, 15) is 14.7 Å². The Kier molecular flexibility index (Phi) is 9.77. The first-order valence-electron chi connectivity index (χ1n) is 13.7. The fraction of sp³-hybridized carbons (Fsp3) is 0.552. The fourth-order valence-electron chi connectivity index (χ4n) is 4.97.